The van der Waals surface area contributed by atoms with Gasteiger partial charge in [0.05, 0.1) is 19.8 Å². The van der Waals surface area contributed by atoms with E-state index in [1.807, 2.05) is 0 Å². The number of unbranched alkanes of at least 4 members (excludes halogenated alkanes) is 22. The molecule has 0 aromatic carbocycles. The third-order valence-electron chi connectivity index (χ3n) is 12.5. The van der Waals surface area contributed by atoms with E-state index in [9.17, 15) is 28.9 Å². The molecule has 3 atom stereocenters. The molecule has 0 heterocycles. The number of hydrogen-bond donors (Lipinski definition) is 2. The minimum absolute atomic E-state index is 0.125. The summed E-state index contributed by atoms with van der Waals surface area (Å²) in [4.78, 5) is 48.6. The maximum Gasteiger partial charge on any atom is 0.472 e. The van der Waals surface area contributed by atoms with Gasteiger partial charge in [0.25, 0.3) is 0 Å². The van der Waals surface area contributed by atoms with Crippen LogP contribution in [0.15, 0.2) is 97.2 Å². The summed E-state index contributed by atoms with van der Waals surface area (Å²) in [6, 6.07) is 0. The molecule has 12 heteroatoms. The fraction of sp³-hybridized carbons (Fsp3) is 0.703. The van der Waals surface area contributed by atoms with Gasteiger partial charge in [-0.3, -0.25) is 23.4 Å². The van der Waals surface area contributed by atoms with Gasteiger partial charge < -0.3 is 24.2 Å². The molecule has 0 fully saturated rings. The van der Waals surface area contributed by atoms with Gasteiger partial charge in [-0.15, -0.1) is 0 Å². The Morgan fingerprint density at radius 3 is 1.07 bits per heavy atom. The molecular weight excluding hydrogens is 976 g/mol. The number of phosphoric acid groups is 1. The number of hydrogen-bond acceptors (Lipinski definition) is 10. The molecule has 0 spiro atoms. The van der Waals surface area contributed by atoms with Crippen LogP contribution in [0.3, 0.4) is 0 Å². The number of carbonyl (C=O) groups excluding carboxylic acids is 3. The maximum absolute atomic E-state index is 12.9. The second kappa shape index (κ2) is 57.6. The Morgan fingerprint density at radius 2 is 0.684 bits per heavy atom. The molecule has 0 saturated carbocycles. The lowest BCUT2D eigenvalue weighted by Gasteiger charge is -2.21. The molecule has 0 saturated heterocycles. The fourth-order valence-corrected chi connectivity index (χ4v) is 8.77. The smallest absolute Gasteiger partial charge is 0.462 e. The van der Waals surface area contributed by atoms with E-state index in [2.05, 4.69) is 118 Å². The van der Waals surface area contributed by atoms with E-state index < -0.39 is 57.8 Å². The number of allylic oxidation sites excluding steroid dienone is 16. The van der Waals surface area contributed by atoms with Crippen LogP contribution in [-0.4, -0.2) is 66.5 Å². The van der Waals surface area contributed by atoms with E-state index in [0.29, 0.717) is 19.3 Å². The summed E-state index contributed by atoms with van der Waals surface area (Å²) >= 11 is 0. The molecule has 0 aliphatic carbocycles. The van der Waals surface area contributed by atoms with Crippen molar-refractivity contribution in [3.05, 3.63) is 97.2 Å². The minimum atomic E-state index is -4.77. The van der Waals surface area contributed by atoms with E-state index in [1.54, 1.807) is 0 Å². The van der Waals surface area contributed by atoms with Gasteiger partial charge >= 0.3 is 25.7 Å². The van der Waals surface area contributed by atoms with Gasteiger partial charge in [0, 0.05) is 19.3 Å². The number of carbonyl (C=O) groups is 3. The Morgan fingerprint density at radius 1 is 0.382 bits per heavy atom. The predicted molar refractivity (Wildman–Crippen MR) is 316 cm³/mol. The van der Waals surface area contributed by atoms with Gasteiger partial charge in [-0.1, -0.05) is 234 Å². The molecule has 11 nitrogen and oxygen atoms in total. The summed E-state index contributed by atoms with van der Waals surface area (Å²) in [6.07, 6.45) is 67.9. The van der Waals surface area contributed by atoms with Gasteiger partial charge in [-0.05, 0) is 96.3 Å². The quantitative estimate of drug-likeness (QED) is 0.0197. The van der Waals surface area contributed by atoms with Crippen LogP contribution in [0.5, 0.6) is 0 Å². The van der Waals surface area contributed by atoms with Crippen molar-refractivity contribution in [2.75, 3.05) is 26.4 Å². The van der Waals surface area contributed by atoms with Crippen molar-refractivity contribution in [2.45, 2.75) is 264 Å². The van der Waals surface area contributed by atoms with Crippen molar-refractivity contribution in [1.29, 1.82) is 0 Å². The largest absolute Gasteiger partial charge is 0.472 e. The number of esters is 3. The number of rotatable bonds is 55. The Hall–Kier alpha value is -3.60. The van der Waals surface area contributed by atoms with Crippen LogP contribution in [-0.2, 0) is 42.2 Å². The average molecular weight is 1090 g/mol. The number of aliphatic hydroxyl groups excluding tert-OH is 1. The van der Waals surface area contributed by atoms with E-state index in [-0.39, 0.29) is 25.9 Å². The highest BCUT2D eigenvalue weighted by molar-refractivity contribution is 7.47. The Labute approximate surface area is 463 Å². The van der Waals surface area contributed by atoms with E-state index in [4.69, 9.17) is 23.3 Å². The van der Waals surface area contributed by atoms with Crippen LogP contribution < -0.4 is 0 Å². The monoisotopic (exact) mass is 1080 g/mol. The zero-order valence-electron chi connectivity index (χ0n) is 48.2. The summed E-state index contributed by atoms with van der Waals surface area (Å²) in [7, 11) is -4.77. The van der Waals surface area contributed by atoms with Crippen LogP contribution >= 0.6 is 7.82 Å². The summed E-state index contributed by atoms with van der Waals surface area (Å²) < 4.78 is 39.6. The van der Waals surface area contributed by atoms with Crippen LogP contribution in [0.1, 0.15) is 252 Å². The van der Waals surface area contributed by atoms with Crippen LogP contribution in [0.2, 0.25) is 0 Å². The molecule has 2 N–H and O–H groups in total. The summed E-state index contributed by atoms with van der Waals surface area (Å²) in [5.41, 5.74) is 0. The van der Waals surface area contributed by atoms with E-state index in [0.717, 1.165) is 122 Å². The molecule has 0 amide bonds. The molecule has 0 aromatic heterocycles. The summed E-state index contributed by atoms with van der Waals surface area (Å²) in [5, 5.41) is 9.82. The van der Waals surface area contributed by atoms with Crippen molar-refractivity contribution < 1.29 is 52.2 Å². The van der Waals surface area contributed by atoms with Crippen LogP contribution in [0, 0.1) is 0 Å². The van der Waals surface area contributed by atoms with Crippen molar-refractivity contribution in [3.63, 3.8) is 0 Å². The molecule has 3 unspecified atom stereocenters. The molecule has 0 bridgehead atoms. The maximum atomic E-state index is 12.9. The first-order chi connectivity index (χ1) is 37.2. The van der Waals surface area contributed by atoms with Gasteiger partial charge in [-0.2, -0.15) is 0 Å². The van der Waals surface area contributed by atoms with Crippen LogP contribution in [0.4, 0.5) is 0 Å². The first-order valence-electron chi connectivity index (χ1n) is 30.1. The zero-order chi connectivity index (χ0) is 55.5. The molecule has 76 heavy (non-hydrogen) atoms. The van der Waals surface area contributed by atoms with Crippen molar-refractivity contribution in [3.8, 4) is 0 Å². The predicted octanol–water partition coefficient (Wildman–Crippen LogP) is 18.0. The standard InChI is InChI=1S/C64H109O11P/c1-4-7-10-13-16-19-22-25-28-29-30-31-34-37-40-43-46-49-52-55-64(68)75-61(57-71-62(66)53-50-47-44-41-38-35-32-26-23-20-17-14-11-8-5-2)59-73-76(69,70)72-58-60(56-65)74-63(67)54-51-48-45-42-39-36-33-27-24-21-18-15-12-9-6-3/h7,9-10,12,16,18-19,21,25,27-28,30-31,33,37,40,60-61,65H,4-6,8,11,13-15,17,20,22-24,26,29,32,34-36,38-39,41-59H2,1-3H3,(H,69,70)/b10-7-,12-9-,19-16-,21-18-,28-25-,31-30-,33-27-,40-37-. The molecule has 0 aromatic rings. The lowest BCUT2D eigenvalue weighted by Crippen LogP contribution is -2.30. The molecule has 0 aliphatic rings. The highest BCUT2D eigenvalue weighted by Gasteiger charge is 2.28. The van der Waals surface area contributed by atoms with Gasteiger partial charge in [-0.25, -0.2) is 4.57 Å². The zero-order valence-corrected chi connectivity index (χ0v) is 49.1. The number of ether oxygens (including phenoxy) is 3. The summed E-state index contributed by atoms with van der Waals surface area (Å²) in [6.45, 7) is 4.38. The minimum Gasteiger partial charge on any atom is -0.462 e. The Bertz CT molecular complexity index is 1640. The van der Waals surface area contributed by atoms with Crippen molar-refractivity contribution in [2.24, 2.45) is 0 Å². The highest BCUT2D eigenvalue weighted by atomic mass is 31.2. The molecular formula is C64H109O11P. The number of phosphoric ester groups is 1. The fourth-order valence-electron chi connectivity index (χ4n) is 7.99. The number of aliphatic hydroxyl groups is 1. The van der Waals surface area contributed by atoms with Crippen molar-refractivity contribution in [1.82, 2.24) is 0 Å². The van der Waals surface area contributed by atoms with E-state index >= 15 is 0 Å². The lowest BCUT2D eigenvalue weighted by molar-refractivity contribution is -0.161. The summed E-state index contributed by atoms with van der Waals surface area (Å²) in [5.74, 6) is -1.52. The molecule has 0 aliphatic heterocycles. The van der Waals surface area contributed by atoms with E-state index in [1.165, 1.54) is 70.6 Å². The third kappa shape index (κ3) is 55.2. The first-order valence-corrected chi connectivity index (χ1v) is 31.6. The second-order valence-corrected chi connectivity index (χ2v) is 21.2. The molecule has 0 radical (unpaired) electrons. The second-order valence-electron chi connectivity index (χ2n) is 19.8. The van der Waals surface area contributed by atoms with Gasteiger partial charge in [0.15, 0.2) is 6.10 Å². The highest BCUT2D eigenvalue weighted by Crippen LogP contribution is 2.43. The third-order valence-corrected chi connectivity index (χ3v) is 13.5. The van der Waals surface area contributed by atoms with Crippen LogP contribution in [0.25, 0.3) is 0 Å². The lowest BCUT2D eigenvalue weighted by atomic mass is 10.0. The molecule has 436 valence electrons. The average Bonchev–Trinajstić information content (AvgIpc) is 3.41. The Balaban J connectivity index is 4.79. The first kappa shape index (κ1) is 72.4. The normalized spacial score (nSPS) is 14.0. The van der Waals surface area contributed by atoms with Gasteiger partial charge in [0.1, 0.15) is 12.7 Å². The topological polar surface area (TPSA) is 155 Å². The SMILES string of the molecule is CC/C=C\C/C=C\C/C=C\C/C=C\C/C=C\CCCCCC(=O)OC(COC(=O)CCCCCCCCCCCCCCCCC)COP(=O)(O)OCC(CO)OC(=O)CCCCCCC/C=C\C/C=C\C/C=C\CC. The Kier molecular flexibility index (Phi) is 54.8. The molecule has 0 rings (SSSR count). The van der Waals surface area contributed by atoms with Crippen molar-refractivity contribution >= 4 is 25.7 Å². The van der Waals surface area contributed by atoms with Gasteiger partial charge in [0.2, 0.25) is 0 Å².